The van der Waals surface area contributed by atoms with Crippen LogP contribution in [0.2, 0.25) is 0 Å². The standard InChI is InChI=1S/C19H13F3N4O5S2/c20-19(21,22)10-33-16-13(5-2-6-23-16)17(28)31-8-15(27)25-18-24-14(9-32-18)11-3-1-4-12(7-11)26(29)30/h1-7,9H,8,10H2,(H,24,25,27). The van der Waals surface area contributed by atoms with Crippen LogP contribution in [0.15, 0.2) is 53.0 Å². The van der Waals surface area contributed by atoms with E-state index < -0.39 is 35.3 Å². The Hall–Kier alpha value is -3.52. The van der Waals surface area contributed by atoms with Crippen LogP contribution in [-0.4, -0.2) is 45.3 Å². The summed E-state index contributed by atoms with van der Waals surface area (Å²) in [5.74, 6) is -2.96. The van der Waals surface area contributed by atoms with Crippen molar-refractivity contribution in [2.75, 3.05) is 17.7 Å². The Bertz CT molecular complexity index is 1190. The Morgan fingerprint density at radius 3 is 2.76 bits per heavy atom. The molecule has 0 saturated heterocycles. The molecule has 1 amide bonds. The molecule has 0 saturated carbocycles. The van der Waals surface area contributed by atoms with E-state index in [9.17, 15) is 32.9 Å². The quantitative estimate of drug-likeness (QED) is 0.207. The molecule has 0 aliphatic heterocycles. The van der Waals surface area contributed by atoms with Gasteiger partial charge in [0, 0.05) is 29.3 Å². The minimum atomic E-state index is -4.44. The second-order valence-electron chi connectivity index (χ2n) is 6.23. The van der Waals surface area contributed by atoms with Gasteiger partial charge in [-0.2, -0.15) is 13.2 Å². The molecule has 0 fully saturated rings. The number of carbonyl (C=O) groups is 2. The van der Waals surface area contributed by atoms with Gasteiger partial charge in [0.05, 0.1) is 21.9 Å². The molecule has 2 heterocycles. The summed E-state index contributed by atoms with van der Waals surface area (Å²) in [5.41, 5.74) is 0.577. The van der Waals surface area contributed by atoms with E-state index in [-0.39, 0.29) is 21.4 Å². The Morgan fingerprint density at radius 2 is 2.03 bits per heavy atom. The number of non-ortho nitro benzene ring substituents is 1. The second-order valence-corrected chi connectivity index (χ2v) is 8.05. The van der Waals surface area contributed by atoms with E-state index in [0.29, 0.717) is 23.0 Å². The molecular weight excluding hydrogens is 485 g/mol. The minimum Gasteiger partial charge on any atom is -0.452 e. The third-order valence-electron chi connectivity index (χ3n) is 3.80. The molecule has 3 rings (SSSR count). The minimum absolute atomic E-state index is 0.110. The number of hydrogen-bond donors (Lipinski definition) is 1. The maximum atomic E-state index is 12.4. The van der Waals surface area contributed by atoms with Crippen molar-refractivity contribution in [1.82, 2.24) is 9.97 Å². The second kappa shape index (κ2) is 10.4. The average Bonchev–Trinajstić information content (AvgIpc) is 3.24. The third kappa shape index (κ3) is 6.98. The molecule has 14 heteroatoms. The normalized spacial score (nSPS) is 11.1. The largest absolute Gasteiger partial charge is 0.452 e. The predicted octanol–water partition coefficient (Wildman–Crippen LogP) is 4.56. The van der Waals surface area contributed by atoms with E-state index in [1.165, 1.54) is 36.5 Å². The number of carbonyl (C=O) groups excluding carboxylic acids is 2. The van der Waals surface area contributed by atoms with Crippen molar-refractivity contribution in [3.05, 3.63) is 63.7 Å². The van der Waals surface area contributed by atoms with Crippen LogP contribution in [0.5, 0.6) is 0 Å². The van der Waals surface area contributed by atoms with Gasteiger partial charge < -0.3 is 4.74 Å². The number of nitro benzene ring substituents is 1. The van der Waals surface area contributed by atoms with Gasteiger partial charge >= 0.3 is 12.1 Å². The molecule has 33 heavy (non-hydrogen) atoms. The van der Waals surface area contributed by atoms with Crippen LogP contribution in [0.4, 0.5) is 24.0 Å². The number of rotatable bonds is 8. The number of thioether (sulfide) groups is 1. The summed E-state index contributed by atoms with van der Waals surface area (Å²) in [5, 5.41) is 14.9. The van der Waals surface area contributed by atoms with Crippen molar-refractivity contribution < 1.29 is 32.4 Å². The monoisotopic (exact) mass is 498 g/mol. The zero-order chi connectivity index (χ0) is 24.0. The molecule has 2 aromatic heterocycles. The summed E-state index contributed by atoms with van der Waals surface area (Å²) in [4.78, 5) is 42.6. The molecule has 1 aromatic carbocycles. The zero-order valence-electron chi connectivity index (χ0n) is 16.4. The van der Waals surface area contributed by atoms with E-state index in [2.05, 4.69) is 15.3 Å². The third-order valence-corrected chi connectivity index (χ3v) is 5.63. The molecule has 0 atom stereocenters. The molecule has 0 radical (unpaired) electrons. The molecule has 0 aliphatic rings. The van der Waals surface area contributed by atoms with Crippen molar-refractivity contribution >= 4 is 45.8 Å². The molecule has 1 N–H and O–H groups in total. The number of nitrogens with one attached hydrogen (secondary N) is 1. The number of nitrogens with zero attached hydrogens (tertiary/aromatic N) is 3. The van der Waals surface area contributed by atoms with Crippen LogP contribution < -0.4 is 5.32 Å². The van der Waals surface area contributed by atoms with Crippen molar-refractivity contribution in [1.29, 1.82) is 0 Å². The lowest BCUT2D eigenvalue weighted by Crippen LogP contribution is -2.21. The number of nitro groups is 1. The molecule has 0 bridgehead atoms. The lowest BCUT2D eigenvalue weighted by atomic mass is 10.1. The number of esters is 1. The number of amides is 1. The number of aromatic nitrogens is 2. The van der Waals surface area contributed by atoms with Gasteiger partial charge in [-0.15, -0.1) is 11.3 Å². The van der Waals surface area contributed by atoms with Gasteiger partial charge in [-0.25, -0.2) is 14.8 Å². The number of alkyl halides is 3. The lowest BCUT2D eigenvalue weighted by Gasteiger charge is -2.09. The zero-order valence-corrected chi connectivity index (χ0v) is 18.0. The first kappa shape index (κ1) is 24.1. The molecule has 9 nitrogen and oxygen atoms in total. The molecule has 172 valence electrons. The Balaban J connectivity index is 1.58. The lowest BCUT2D eigenvalue weighted by molar-refractivity contribution is -0.384. The number of halogens is 3. The van der Waals surface area contributed by atoms with Crippen LogP contribution in [0, 0.1) is 10.1 Å². The molecule has 0 aliphatic carbocycles. The van der Waals surface area contributed by atoms with Crippen molar-refractivity contribution in [3.63, 3.8) is 0 Å². The smallest absolute Gasteiger partial charge is 0.398 e. The summed E-state index contributed by atoms with van der Waals surface area (Å²) < 4.78 is 42.2. The highest BCUT2D eigenvalue weighted by molar-refractivity contribution is 7.99. The van der Waals surface area contributed by atoms with Gasteiger partial charge in [0.15, 0.2) is 11.7 Å². The van der Waals surface area contributed by atoms with E-state index >= 15 is 0 Å². The fraction of sp³-hybridized carbons (Fsp3) is 0.158. The summed E-state index contributed by atoms with van der Waals surface area (Å²) in [7, 11) is 0. The summed E-state index contributed by atoms with van der Waals surface area (Å²) in [6.45, 7) is -0.706. The van der Waals surface area contributed by atoms with Crippen LogP contribution in [0.25, 0.3) is 11.3 Å². The van der Waals surface area contributed by atoms with Gasteiger partial charge in [0.2, 0.25) is 0 Å². The van der Waals surface area contributed by atoms with E-state index in [1.807, 2.05) is 0 Å². The summed E-state index contributed by atoms with van der Waals surface area (Å²) in [6, 6.07) is 8.41. The highest BCUT2D eigenvalue weighted by Gasteiger charge is 2.29. The highest BCUT2D eigenvalue weighted by atomic mass is 32.2. The van der Waals surface area contributed by atoms with Gasteiger partial charge in [0.25, 0.3) is 11.6 Å². The number of thiazole rings is 1. The van der Waals surface area contributed by atoms with Crippen molar-refractivity contribution in [2.24, 2.45) is 0 Å². The maximum absolute atomic E-state index is 12.4. The first-order valence-electron chi connectivity index (χ1n) is 8.94. The van der Waals surface area contributed by atoms with Crippen LogP contribution in [-0.2, 0) is 9.53 Å². The number of pyridine rings is 1. The number of anilines is 1. The SMILES string of the molecule is O=C(COC(=O)c1cccnc1SCC(F)(F)F)Nc1nc(-c2cccc([N+](=O)[O-])c2)cs1. The molecule has 0 unspecified atom stereocenters. The Labute approximate surface area is 192 Å². The van der Waals surface area contributed by atoms with Crippen LogP contribution in [0.1, 0.15) is 10.4 Å². The fourth-order valence-corrected chi connectivity index (χ4v) is 3.90. The van der Waals surface area contributed by atoms with E-state index in [0.717, 1.165) is 11.3 Å². The topological polar surface area (TPSA) is 124 Å². The maximum Gasteiger partial charge on any atom is 0.398 e. The van der Waals surface area contributed by atoms with Crippen LogP contribution >= 0.6 is 23.1 Å². The van der Waals surface area contributed by atoms with E-state index in [1.54, 1.807) is 11.4 Å². The Kier molecular flexibility index (Phi) is 7.60. The number of hydrogen-bond acceptors (Lipinski definition) is 9. The number of ether oxygens (including phenoxy) is 1. The number of benzene rings is 1. The van der Waals surface area contributed by atoms with Crippen LogP contribution in [0.3, 0.4) is 0 Å². The highest BCUT2D eigenvalue weighted by Crippen LogP contribution is 2.29. The van der Waals surface area contributed by atoms with Crippen molar-refractivity contribution in [2.45, 2.75) is 11.2 Å². The average molecular weight is 498 g/mol. The fourth-order valence-electron chi connectivity index (χ4n) is 2.42. The molecular formula is C19H13F3N4O5S2. The van der Waals surface area contributed by atoms with Gasteiger partial charge in [-0.1, -0.05) is 23.9 Å². The summed E-state index contributed by atoms with van der Waals surface area (Å²) >= 11 is 1.39. The van der Waals surface area contributed by atoms with Crippen molar-refractivity contribution in [3.8, 4) is 11.3 Å². The predicted molar refractivity (Wildman–Crippen MR) is 114 cm³/mol. The molecule has 0 spiro atoms. The van der Waals surface area contributed by atoms with E-state index in [4.69, 9.17) is 4.74 Å². The first-order valence-corrected chi connectivity index (χ1v) is 10.8. The molecule has 3 aromatic rings. The summed E-state index contributed by atoms with van der Waals surface area (Å²) in [6.07, 6.45) is -3.20. The van der Waals surface area contributed by atoms with Gasteiger partial charge in [-0.05, 0) is 12.1 Å². The van der Waals surface area contributed by atoms with Gasteiger partial charge in [0.1, 0.15) is 5.03 Å². The first-order chi connectivity index (χ1) is 15.6. The Morgan fingerprint density at radius 1 is 1.24 bits per heavy atom. The van der Waals surface area contributed by atoms with Gasteiger partial charge in [-0.3, -0.25) is 20.2 Å².